The number of carbonyl (C=O) groups is 1. The number of hydrogen-bond donors (Lipinski definition) is 2. The molecule has 2 unspecified atom stereocenters. The Balaban J connectivity index is 1.78. The van der Waals surface area contributed by atoms with Gasteiger partial charge in [-0.3, -0.25) is 4.79 Å². The highest BCUT2D eigenvalue weighted by molar-refractivity contribution is 5.98. The summed E-state index contributed by atoms with van der Waals surface area (Å²) < 4.78 is 5.53. The van der Waals surface area contributed by atoms with Gasteiger partial charge in [0.1, 0.15) is 11.4 Å². The molecule has 0 aliphatic heterocycles. The van der Waals surface area contributed by atoms with Crippen LogP contribution in [0.3, 0.4) is 0 Å². The largest absolute Gasteiger partial charge is 0.494 e. The van der Waals surface area contributed by atoms with Gasteiger partial charge in [-0.05, 0) is 51.7 Å². The van der Waals surface area contributed by atoms with E-state index < -0.39 is 0 Å². The number of aromatic amines is 1. The van der Waals surface area contributed by atoms with E-state index in [-0.39, 0.29) is 18.0 Å². The molecule has 2 N–H and O–H groups in total. The highest BCUT2D eigenvalue weighted by Crippen LogP contribution is 2.24. The van der Waals surface area contributed by atoms with E-state index in [0.29, 0.717) is 12.3 Å². The Bertz CT molecular complexity index is 902. The lowest BCUT2D eigenvalue weighted by atomic mass is 9.99. The second-order valence-corrected chi connectivity index (χ2v) is 6.95. The molecule has 0 aliphatic rings. The van der Waals surface area contributed by atoms with Crippen LogP contribution >= 0.6 is 0 Å². The fraction of sp³-hybridized carbons (Fsp3) is 0.318. The number of rotatable bonds is 7. The first-order valence-electron chi connectivity index (χ1n) is 9.27. The van der Waals surface area contributed by atoms with Crippen LogP contribution in [0.1, 0.15) is 35.9 Å². The van der Waals surface area contributed by atoms with Crippen LogP contribution in [-0.2, 0) is 0 Å². The van der Waals surface area contributed by atoms with Crippen LogP contribution in [0.2, 0.25) is 0 Å². The maximum Gasteiger partial charge on any atom is 0.268 e. The summed E-state index contributed by atoms with van der Waals surface area (Å²) in [6.07, 6.45) is 0. The van der Waals surface area contributed by atoms with Crippen LogP contribution in [0.15, 0.2) is 54.6 Å². The Morgan fingerprint density at radius 2 is 1.89 bits per heavy atom. The third-order valence-corrected chi connectivity index (χ3v) is 4.68. The van der Waals surface area contributed by atoms with E-state index in [9.17, 15) is 4.79 Å². The minimum atomic E-state index is -0.112. The molecule has 1 aromatic heterocycles. The second kappa shape index (κ2) is 8.27. The van der Waals surface area contributed by atoms with Gasteiger partial charge in [-0.2, -0.15) is 0 Å². The Hall–Kier alpha value is -2.79. The Morgan fingerprint density at radius 3 is 2.56 bits per heavy atom. The first-order valence-corrected chi connectivity index (χ1v) is 9.27. The number of H-pyrrole nitrogens is 1. The van der Waals surface area contributed by atoms with E-state index in [0.717, 1.165) is 16.7 Å². The monoisotopic (exact) mass is 365 g/mol. The van der Waals surface area contributed by atoms with Crippen molar-refractivity contribution in [2.24, 2.45) is 0 Å². The number of benzene rings is 2. The summed E-state index contributed by atoms with van der Waals surface area (Å²) in [7, 11) is 4.05. The Kier molecular flexibility index (Phi) is 5.81. The molecular weight excluding hydrogens is 338 g/mol. The topological polar surface area (TPSA) is 57.4 Å². The number of likely N-dealkylation sites (N-methyl/N-ethyl adjacent to an activating group) is 1. The van der Waals surface area contributed by atoms with Gasteiger partial charge in [-0.25, -0.2) is 0 Å². The number of fused-ring (bicyclic) bond motifs is 1. The lowest BCUT2D eigenvalue weighted by Crippen LogP contribution is -2.42. The van der Waals surface area contributed by atoms with Gasteiger partial charge in [0.25, 0.3) is 5.91 Å². The first-order chi connectivity index (χ1) is 13.0. The molecule has 5 heteroatoms. The van der Waals surface area contributed by atoms with Gasteiger partial charge in [0.2, 0.25) is 0 Å². The van der Waals surface area contributed by atoms with Crippen LogP contribution in [0, 0.1) is 0 Å². The van der Waals surface area contributed by atoms with Crippen molar-refractivity contribution in [1.82, 2.24) is 15.2 Å². The number of amides is 1. The molecule has 2 aromatic carbocycles. The zero-order valence-corrected chi connectivity index (χ0v) is 16.3. The smallest absolute Gasteiger partial charge is 0.268 e. The number of ether oxygens (including phenoxy) is 1. The number of carbonyl (C=O) groups excluding carboxylic acids is 1. The van der Waals surface area contributed by atoms with Gasteiger partial charge in [0, 0.05) is 23.0 Å². The molecular formula is C22H27N3O2. The van der Waals surface area contributed by atoms with E-state index >= 15 is 0 Å². The van der Waals surface area contributed by atoms with Crippen molar-refractivity contribution >= 4 is 16.8 Å². The van der Waals surface area contributed by atoms with Crippen molar-refractivity contribution in [2.75, 3.05) is 20.7 Å². The molecule has 0 fully saturated rings. The summed E-state index contributed by atoms with van der Waals surface area (Å²) in [5.41, 5.74) is 2.62. The van der Waals surface area contributed by atoms with Crippen molar-refractivity contribution in [3.8, 4) is 5.75 Å². The zero-order valence-electron chi connectivity index (χ0n) is 16.3. The molecule has 0 bridgehead atoms. The van der Waals surface area contributed by atoms with Crippen molar-refractivity contribution in [3.63, 3.8) is 0 Å². The minimum absolute atomic E-state index is 0.0553. The summed E-state index contributed by atoms with van der Waals surface area (Å²) in [4.78, 5) is 18.1. The highest BCUT2D eigenvalue weighted by atomic mass is 16.5. The van der Waals surface area contributed by atoms with Gasteiger partial charge < -0.3 is 19.9 Å². The van der Waals surface area contributed by atoms with E-state index in [1.807, 2.05) is 70.4 Å². The number of hydrogen-bond acceptors (Lipinski definition) is 3. The van der Waals surface area contributed by atoms with Gasteiger partial charge in [-0.15, -0.1) is 0 Å². The molecule has 0 spiro atoms. The SMILES string of the molecule is CCOc1ccc2cc(C(=O)NC(C)C(c3ccccc3)N(C)C)[nH]c2c1. The third kappa shape index (κ3) is 4.31. The first kappa shape index (κ1) is 19.0. The fourth-order valence-electron chi connectivity index (χ4n) is 3.53. The van der Waals surface area contributed by atoms with Crippen molar-refractivity contribution < 1.29 is 9.53 Å². The number of aromatic nitrogens is 1. The second-order valence-electron chi connectivity index (χ2n) is 6.95. The molecule has 5 nitrogen and oxygen atoms in total. The summed E-state index contributed by atoms with van der Waals surface area (Å²) in [6.45, 7) is 4.60. The molecule has 0 aliphatic carbocycles. The van der Waals surface area contributed by atoms with E-state index in [4.69, 9.17) is 4.74 Å². The Labute approximate surface area is 160 Å². The summed E-state index contributed by atoms with van der Waals surface area (Å²) >= 11 is 0. The zero-order chi connectivity index (χ0) is 19.4. The molecule has 0 saturated carbocycles. The third-order valence-electron chi connectivity index (χ3n) is 4.68. The average molecular weight is 365 g/mol. The van der Waals surface area contributed by atoms with Crippen LogP contribution < -0.4 is 10.1 Å². The van der Waals surface area contributed by atoms with E-state index in [1.54, 1.807) is 0 Å². The molecule has 142 valence electrons. The van der Waals surface area contributed by atoms with Crippen LogP contribution in [-0.4, -0.2) is 42.5 Å². The van der Waals surface area contributed by atoms with Gasteiger partial charge >= 0.3 is 0 Å². The molecule has 1 amide bonds. The predicted molar refractivity (Wildman–Crippen MR) is 109 cm³/mol. The maximum atomic E-state index is 12.8. The fourth-order valence-corrected chi connectivity index (χ4v) is 3.53. The van der Waals surface area contributed by atoms with Crippen LogP contribution in [0.25, 0.3) is 10.9 Å². The predicted octanol–water partition coefficient (Wildman–Crippen LogP) is 3.99. The van der Waals surface area contributed by atoms with Crippen molar-refractivity contribution in [2.45, 2.75) is 25.9 Å². The van der Waals surface area contributed by atoms with Gasteiger partial charge in [0.15, 0.2) is 0 Å². The number of nitrogens with zero attached hydrogens (tertiary/aromatic N) is 1. The highest BCUT2D eigenvalue weighted by Gasteiger charge is 2.24. The van der Waals surface area contributed by atoms with Crippen LogP contribution in [0.5, 0.6) is 5.75 Å². The summed E-state index contributed by atoms with van der Waals surface area (Å²) in [6, 6.07) is 17.9. The van der Waals surface area contributed by atoms with Crippen LogP contribution in [0.4, 0.5) is 0 Å². The molecule has 27 heavy (non-hydrogen) atoms. The summed E-state index contributed by atoms with van der Waals surface area (Å²) in [5, 5.41) is 4.12. The Morgan fingerprint density at radius 1 is 1.15 bits per heavy atom. The van der Waals surface area contributed by atoms with E-state index in [2.05, 4.69) is 27.3 Å². The minimum Gasteiger partial charge on any atom is -0.494 e. The summed E-state index contributed by atoms with van der Waals surface area (Å²) in [5.74, 6) is 0.684. The normalized spacial score (nSPS) is 13.5. The quantitative estimate of drug-likeness (QED) is 0.666. The van der Waals surface area contributed by atoms with Crippen molar-refractivity contribution in [1.29, 1.82) is 0 Å². The molecule has 0 radical (unpaired) electrons. The molecule has 2 atom stereocenters. The lowest BCUT2D eigenvalue weighted by Gasteiger charge is -2.31. The molecule has 3 aromatic rings. The molecule has 1 heterocycles. The molecule has 3 rings (SSSR count). The number of nitrogens with one attached hydrogen (secondary N) is 2. The maximum absolute atomic E-state index is 12.8. The van der Waals surface area contributed by atoms with Gasteiger partial charge in [0.05, 0.1) is 12.6 Å². The van der Waals surface area contributed by atoms with Crippen molar-refractivity contribution in [3.05, 3.63) is 65.9 Å². The van der Waals surface area contributed by atoms with Gasteiger partial charge in [-0.1, -0.05) is 30.3 Å². The standard InChI is InChI=1S/C22H27N3O2/c1-5-27-18-12-11-17-13-20(24-19(17)14-18)22(26)23-15(2)21(25(3)4)16-9-7-6-8-10-16/h6-15,21,24H,5H2,1-4H3,(H,23,26). The molecule has 0 saturated heterocycles. The lowest BCUT2D eigenvalue weighted by molar-refractivity contribution is 0.0911. The van der Waals surface area contributed by atoms with E-state index in [1.165, 1.54) is 5.56 Å². The average Bonchev–Trinajstić information content (AvgIpc) is 3.06.